The van der Waals surface area contributed by atoms with E-state index in [1.54, 1.807) is 37.4 Å². The number of carbonyl (C=O) groups excluding carboxylic acids is 2. The Kier molecular flexibility index (Phi) is 7.05. The Hall–Kier alpha value is -3.52. The number of likely N-dealkylation sites (tertiary alicyclic amines) is 1. The lowest BCUT2D eigenvalue weighted by molar-refractivity contribution is -0.139. The number of aromatic hydroxyl groups is 1. The Balaban J connectivity index is 2.11. The molecule has 0 saturated carbocycles. The maximum Gasteiger partial charge on any atom is 0.295 e. The van der Waals surface area contributed by atoms with Gasteiger partial charge in [0.05, 0.1) is 31.4 Å². The third-order valence-corrected chi connectivity index (χ3v) is 5.44. The van der Waals surface area contributed by atoms with Crippen molar-refractivity contribution < 1.29 is 29.3 Å². The number of nitrogens with zero attached hydrogens (tertiary/aromatic N) is 2. The van der Waals surface area contributed by atoms with Gasteiger partial charge in [-0.15, -0.1) is 0 Å². The quantitative estimate of drug-likeness (QED) is 0.370. The molecule has 0 bridgehead atoms. The molecule has 1 heterocycles. The molecule has 1 amide bonds. The number of Topliss-reactive ketones (excluding diaryl/α,β-unsaturated/α-hetero) is 1. The molecule has 1 aliphatic rings. The number of hydrogen-bond donors (Lipinski definition) is 2. The van der Waals surface area contributed by atoms with Gasteiger partial charge in [0.1, 0.15) is 23.0 Å². The molecule has 2 N–H and O–H groups in total. The predicted octanol–water partition coefficient (Wildman–Crippen LogP) is 2.78. The lowest BCUT2D eigenvalue weighted by Gasteiger charge is -2.26. The van der Waals surface area contributed by atoms with Crippen LogP contribution in [-0.4, -0.2) is 73.1 Å². The minimum Gasteiger partial charge on any atom is -0.507 e. The SMILES string of the molecule is COc1ccc(C2/C(=C(\O)c3ccc(OC)cc3O)C(=O)C(=O)N2CCCN(C)C)cc1. The van der Waals surface area contributed by atoms with Crippen molar-refractivity contribution in [2.75, 3.05) is 41.4 Å². The molecule has 170 valence electrons. The maximum atomic E-state index is 13.0. The third kappa shape index (κ3) is 4.55. The van der Waals surface area contributed by atoms with E-state index in [-0.39, 0.29) is 16.9 Å². The molecular formula is C24H28N2O6. The van der Waals surface area contributed by atoms with Crippen LogP contribution in [0.2, 0.25) is 0 Å². The van der Waals surface area contributed by atoms with Gasteiger partial charge in [0.2, 0.25) is 0 Å². The number of ketones is 1. The van der Waals surface area contributed by atoms with Crippen molar-refractivity contribution in [1.82, 2.24) is 9.80 Å². The van der Waals surface area contributed by atoms with Crippen LogP contribution in [0.4, 0.5) is 0 Å². The summed E-state index contributed by atoms with van der Waals surface area (Å²) in [4.78, 5) is 29.4. The van der Waals surface area contributed by atoms with Crippen LogP contribution in [0, 0.1) is 0 Å². The highest BCUT2D eigenvalue weighted by atomic mass is 16.5. The highest BCUT2D eigenvalue weighted by molar-refractivity contribution is 6.46. The van der Waals surface area contributed by atoms with Crippen molar-refractivity contribution in [3.05, 3.63) is 59.2 Å². The first-order valence-corrected chi connectivity index (χ1v) is 10.2. The normalized spacial score (nSPS) is 17.8. The fraction of sp³-hybridized carbons (Fsp3) is 0.333. The van der Waals surface area contributed by atoms with Gasteiger partial charge < -0.3 is 29.5 Å². The summed E-state index contributed by atoms with van der Waals surface area (Å²) in [6.45, 7) is 1.07. The van der Waals surface area contributed by atoms with Crippen LogP contribution in [0.3, 0.4) is 0 Å². The number of rotatable bonds is 8. The Morgan fingerprint density at radius 3 is 2.22 bits per heavy atom. The molecule has 1 saturated heterocycles. The standard InChI is InChI=1S/C24H28N2O6/c1-25(2)12-5-13-26-21(15-6-8-16(31-3)9-7-15)20(23(29)24(26)30)22(28)18-11-10-17(32-4)14-19(18)27/h6-11,14,21,27-28H,5,12-13H2,1-4H3/b22-20+. The lowest BCUT2D eigenvalue weighted by atomic mass is 9.95. The van der Waals surface area contributed by atoms with Gasteiger partial charge in [-0.25, -0.2) is 0 Å². The summed E-state index contributed by atoms with van der Waals surface area (Å²) in [5.41, 5.74) is 0.644. The summed E-state index contributed by atoms with van der Waals surface area (Å²) in [6.07, 6.45) is 0.653. The van der Waals surface area contributed by atoms with Gasteiger partial charge in [-0.3, -0.25) is 9.59 Å². The van der Waals surface area contributed by atoms with Crippen molar-refractivity contribution in [2.24, 2.45) is 0 Å². The Bertz CT molecular complexity index is 1030. The molecule has 1 aliphatic heterocycles. The fourth-order valence-corrected chi connectivity index (χ4v) is 3.78. The number of benzene rings is 2. The van der Waals surface area contributed by atoms with Gasteiger partial charge in [0.25, 0.3) is 11.7 Å². The van der Waals surface area contributed by atoms with E-state index in [0.29, 0.717) is 30.0 Å². The van der Waals surface area contributed by atoms with Crippen molar-refractivity contribution in [2.45, 2.75) is 12.5 Å². The number of ether oxygens (including phenoxy) is 2. The van der Waals surface area contributed by atoms with E-state index in [4.69, 9.17) is 9.47 Å². The summed E-state index contributed by atoms with van der Waals surface area (Å²) in [7, 11) is 6.87. The third-order valence-electron chi connectivity index (χ3n) is 5.44. The molecule has 2 aromatic carbocycles. The summed E-state index contributed by atoms with van der Waals surface area (Å²) in [6, 6.07) is 10.6. The molecule has 32 heavy (non-hydrogen) atoms. The fourth-order valence-electron chi connectivity index (χ4n) is 3.78. The van der Waals surface area contributed by atoms with Crippen molar-refractivity contribution >= 4 is 17.4 Å². The number of aliphatic hydroxyl groups is 1. The lowest BCUT2D eigenvalue weighted by Crippen LogP contribution is -2.32. The molecule has 2 aromatic rings. The number of aliphatic hydroxyl groups excluding tert-OH is 1. The highest BCUT2D eigenvalue weighted by Gasteiger charge is 2.46. The average molecular weight is 440 g/mol. The minimum atomic E-state index is -0.789. The Morgan fingerprint density at radius 2 is 1.66 bits per heavy atom. The largest absolute Gasteiger partial charge is 0.507 e. The van der Waals surface area contributed by atoms with E-state index in [9.17, 15) is 19.8 Å². The highest BCUT2D eigenvalue weighted by Crippen LogP contribution is 2.41. The summed E-state index contributed by atoms with van der Waals surface area (Å²) < 4.78 is 10.3. The van der Waals surface area contributed by atoms with Crippen LogP contribution in [0.25, 0.3) is 5.76 Å². The van der Waals surface area contributed by atoms with E-state index in [1.807, 2.05) is 19.0 Å². The van der Waals surface area contributed by atoms with Crippen LogP contribution in [0.15, 0.2) is 48.0 Å². The second kappa shape index (κ2) is 9.74. The number of carbonyl (C=O) groups is 2. The van der Waals surface area contributed by atoms with E-state index in [0.717, 1.165) is 6.54 Å². The number of phenolic OH excluding ortho intramolecular Hbond substituents is 1. The van der Waals surface area contributed by atoms with Gasteiger partial charge >= 0.3 is 0 Å². The maximum absolute atomic E-state index is 13.0. The second-order valence-electron chi connectivity index (χ2n) is 7.81. The first-order chi connectivity index (χ1) is 15.3. The number of phenols is 1. The van der Waals surface area contributed by atoms with Crippen LogP contribution < -0.4 is 9.47 Å². The number of methoxy groups -OCH3 is 2. The van der Waals surface area contributed by atoms with E-state index in [1.165, 1.54) is 24.1 Å². The van der Waals surface area contributed by atoms with Gasteiger partial charge in [0.15, 0.2) is 0 Å². The predicted molar refractivity (Wildman–Crippen MR) is 120 cm³/mol. The molecule has 8 nitrogen and oxygen atoms in total. The van der Waals surface area contributed by atoms with E-state index < -0.39 is 23.5 Å². The number of hydrogen-bond acceptors (Lipinski definition) is 7. The summed E-state index contributed by atoms with van der Waals surface area (Å²) in [5.74, 6) is -1.13. The van der Waals surface area contributed by atoms with Crippen molar-refractivity contribution in [1.29, 1.82) is 0 Å². The average Bonchev–Trinajstić information content (AvgIpc) is 3.03. The van der Waals surface area contributed by atoms with Crippen molar-refractivity contribution in [3.63, 3.8) is 0 Å². The minimum absolute atomic E-state index is 0.0515. The molecule has 8 heteroatoms. The molecule has 0 aromatic heterocycles. The van der Waals surface area contributed by atoms with E-state index in [2.05, 4.69) is 0 Å². The van der Waals surface area contributed by atoms with Crippen LogP contribution >= 0.6 is 0 Å². The molecule has 1 unspecified atom stereocenters. The van der Waals surface area contributed by atoms with Gasteiger partial charge in [-0.2, -0.15) is 0 Å². The molecular weight excluding hydrogens is 412 g/mol. The molecule has 0 aliphatic carbocycles. The van der Waals surface area contributed by atoms with E-state index >= 15 is 0 Å². The van der Waals surface area contributed by atoms with Crippen molar-refractivity contribution in [3.8, 4) is 17.2 Å². The zero-order valence-electron chi connectivity index (χ0n) is 18.7. The van der Waals surface area contributed by atoms with Gasteiger partial charge in [0, 0.05) is 12.6 Å². The first-order valence-electron chi connectivity index (χ1n) is 10.2. The van der Waals surface area contributed by atoms with Crippen LogP contribution in [0.5, 0.6) is 17.2 Å². The van der Waals surface area contributed by atoms with Gasteiger partial charge in [-0.1, -0.05) is 12.1 Å². The topological polar surface area (TPSA) is 99.5 Å². The monoisotopic (exact) mass is 440 g/mol. The number of amides is 1. The zero-order chi connectivity index (χ0) is 23.4. The molecule has 0 spiro atoms. The molecule has 1 fully saturated rings. The van der Waals surface area contributed by atoms with Gasteiger partial charge in [-0.05, 0) is 56.9 Å². The molecule has 1 atom stereocenters. The Morgan fingerprint density at radius 1 is 1.03 bits per heavy atom. The first kappa shape index (κ1) is 23.1. The molecule has 3 rings (SSSR count). The zero-order valence-corrected chi connectivity index (χ0v) is 18.7. The summed E-state index contributed by atoms with van der Waals surface area (Å²) >= 11 is 0. The van der Waals surface area contributed by atoms with Crippen LogP contribution in [0.1, 0.15) is 23.6 Å². The summed E-state index contributed by atoms with van der Waals surface area (Å²) in [5, 5.41) is 21.5. The Labute approximate surface area is 187 Å². The van der Waals surface area contributed by atoms with Crippen LogP contribution in [-0.2, 0) is 9.59 Å². The second-order valence-corrected chi connectivity index (χ2v) is 7.81. The smallest absolute Gasteiger partial charge is 0.295 e. The molecule has 0 radical (unpaired) electrons.